The molecule has 1 saturated heterocycles. The van der Waals surface area contributed by atoms with Gasteiger partial charge in [0.05, 0.1) is 0 Å². The van der Waals surface area contributed by atoms with Crippen molar-refractivity contribution in [3.63, 3.8) is 0 Å². The second kappa shape index (κ2) is 3.05. The Morgan fingerprint density at radius 1 is 1.58 bits per heavy atom. The van der Waals surface area contributed by atoms with E-state index >= 15 is 0 Å². The Labute approximate surface area is 73.5 Å². The normalized spacial score (nSPS) is 27.8. The third-order valence-electron chi connectivity index (χ3n) is 1.84. The highest BCUT2D eigenvalue weighted by atomic mass is 16.5. The maximum Gasteiger partial charge on any atom is 0.251 e. The minimum Gasteiger partial charge on any atom is -0.343 e. The zero-order chi connectivity index (χ0) is 9.35. The van der Waals surface area contributed by atoms with E-state index in [2.05, 4.69) is 19.2 Å². The van der Waals surface area contributed by atoms with Crippen LogP contribution in [0, 0.1) is 5.92 Å². The van der Waals surface area contributed by atoms with E-state index in [0.717, 1.165) is 6.42 Å². The second-order valence-electron chi connectivity index (χ2n) is 4.24. The summed E-state index contributed by atoms with van der Waals surface area (Å²) >= 11 is 0. The van der Waals surface area contributed by atoms with Crippen LogP contribution in [-0.4, -0.2) is 17.7 Å². The maximum absolute atomic E-state index is 11.3. The fraction of sp³-hybridized carbons (Fsp3) is 0.889. The Morgan fingerprint density at radius 2 is 2.17 bits per heavy atom. The van der Waals surface area contributed by atoms with Gasteiger partial charge in [-0.25, -0.2) is 0 Å². The summed E-state index contributed by atoms with van der Waals surface area (Å²) in [6, 6.07) is 0. The molecule has 0 bridgehead atoms. The van der Waals surface area contributed by atoms with Gasteiger partial charge in [-0.15, -0.1) is 0 Å². The van der Waals surface area contributed by atoms with Crippen molar-refractivity contribution in [3.05, 3.63) is 0 Å². The second-order valence-corrected chi connectivity index (χ2v) is 4.24. The number of carbonyl (C=O) groups excluding carboxylic acids is 1. The first-order chi connectivity index (χ1) is 5.41. The van der Waals surface area contributed by atoms with Gasteiger partial charge in [0, 0.05) is 0 Å². The molecule has 1 atom stereocenters. The summed E-state index contributed by atoms with van der Waals surface area (Å²) < 4.78 is 5.51. The van der Waals surface area contributed by atoms with Gasteiger partial charge >= 0.3 is 0 Å². The topological polar surface area (TPSA) is 38.3 Å². The minimum atomic E-state index is -0.476. The third-order valence-corrected chi connectivity index (χ3v) is 1.84. The van der Waals surface area contributed by atoms with Crippen molar-refractivity contribution in [1.82, 2.24) is 5.32 Å². The number of hydrogen-bond donors (Lipinski definition) is 1. The number of carbonyl (C=O) groups is 1. The molecular formula is C9H17NO2. The molecule has 1 unspecified atom stereocenters. The fourth-order valence-electron chi connectivity index (χ4n) is 1.40. The average Bonchev–Trinajstić information content (AvgIpc) is 2.03. The highest BCUT2D eigenvalue weighted by Gasteiger charge is 2.37. The standard InChI is InChI=1S/C9H17NO2/c1-6(2)5-7-8(11)10-9(3,4)12-7/h6-7H,5H2,1-4H3,(H,10,11). The summed E-state index contributed by atoms with van der Waals surface area (Å²) in [6.45, 7) is 7.90. The first kappa shape index (κ1) is 9.52. The van der Waals surface area contributed by atoms with Gasteiger partial charge in [-0.1, -0.05) is 13.8 Å². The zero-order valence-corrected chi connectivity index (χ0v) is 8.18. The highest BCUT2D eigenvalue weighted by Crippen LogP contribution is 2.21. The van der Waals surface area contributed by atoms with Gasteiger partial charge in [0.2, 0.25) is 0 Å². The Morgan fingerprint density at radius 3 is 2.50 bits per heavy atom. The minimum absolute atomic E-state index is 0.0219. The van der Waals surface area contributed by atoms with E-state index in [1.807, 2.05) is 13.8 Å². The molecule has 0 radical (unpaired) electrons. The Bertz CT molecular complexity index is 187. The molecule has 1 aliphatic heterocycles. The van der Waals surface area contributed by atoms with Gasteiger partial charge in [-0.2, -0.15) is 0 Å². The van der Waals surface area contributed by atoms with Crippen LogP contribution in [0.5, 0.6) is 0 Å². The molecule has 0 saturated carbocycles. The smallest absolute Gasteiger partial charge is 0.251 e. The van der Waals surface area contributed by atoms with Crippen LogP contribution >= 0.6 is 0 Å². The van der Waals surface area contributed by atoms with Crippen LogP contribution in [0.1, 0.15) is 34.1 Å². The van der Waals surface area contributed by atoms with E-state index < -0.39 is 5.72 Å². The summed E-state index contributed by atoms with van der Waals surface area (Å²) in [5.41, 5.74) is -0.476. The quantitative estimate of drug-likeness (QED) is 0.679. The van der Waals surface area contributed by atoms with Crippen LogP contribution in [0.15, 0.2) is 0 Å². The van der Waals surface area contributed by atoms with Gasteiger partial charge in [0.25, 0.3) is 5.91 Å². The fourth-order valence-corrected chi connectivity index (χ4v) is 1.40. The lowest BCUT2D eigenvalue weighted by Crippen LogP contribution is -2.35. The van der Waals surface area contributed by atoms with E-state index in [-0.39, 0.29) is 12.0 Å². The Kier molecular flexibility index (Phi) is 2.42. The first-order valence-corrected chi connectivity index (χ1v) is 4.40. The third kappa shape index (κ3) is 2.21. The van der Waals surface area contributed by atoms with Gasteiger partial charge in [-0.05, 0) is 26.2 Å². The number of hydrogen-bond acceptors (Lipinski definition) is 2. The molecule has 1 fully saturated rings. The van der Waals surface area contributed by atoms with Gasteiger partial charge in [0.1, 0.15) is 11.8 Å². The largest absolute Gasteiger partial charge is 0.343 e. The van der Waals surface area contributed by atoms with E-state index in [0.29, 0.717) is 5.92 Å². The van der Waals surface area contributed by atoms with Crippen molar-refractivity contribution in [1.29, 1.82) is 0 Å². The molecule has 0 aliphatic carbocycles. The summed E-state index contributed by atoms with van der Waals surface area (Å²) in [4.78, 5) is 11.3. The van der Waals surface area contributed by atoms with Crippen molar-refractivity contribution < 1.29 is 9.53 Å². The highest BCUT2D eigenvalue weighted by molar-refractivity contribution is 5.83. The first-order valence-electron chi connectivity index (χ1n) is 4.40. The monoisotopic (exact) mass is 171 g/mol. The maximum atomic E-state index is 11.3. The molecule has 3 nitrogen and oxygen atoms in total. The van der Waals surface area contributed by atoms with Gasteiger partial charge in [-0.3, -0.25) is 4.79 Å². The molecule has 1 amide bonds. The SMILES string of the molecule is CC(C)CC1OC(C)(C)NC1=O. The van der Waals surface area contributed by atoms with Crippen LogP contribution in [0.2, 0.25) is 0 Å². The molecule has 70 valence electrons. The molecule has 3 heteroatoms. The van der Waals surface area contributed by atoms with Crippen LogP contribution in [0.4, 0.5) is 0 Å². The van der Waals surface area contributed by atoms with Crippen molar-refractivity contribution >= 4 is 5.91 Å². The Hall–Kier alpha value is -0.570. The lowest BCUT2D eigenvalue weighted by molar-refractivity contribution is -0.124. The molecule has 12 heavy (non-hydrogen) atoms. The lowest BCUT2D eigenvalue weighted by atomic mass is 10.1. The molecule has 0 aromatic heterocycles. The number of amides is 1. The van der Waals surface area contributed by atoms with Crippen molar-refractivity contribution in [2.45, 2.75) is 45.9 Å². The number of rotatable bonds is 2. The van der Waals surface area contributed by atoms with Crippen LogP contribution < -0.4 is 5.32 Å². The summed E-state index contributed by atoms with van der Waals surface area (Å²) in [5.74, 6) is 0.517. The molecule has 1 N–H and O–H groups in total. The van der Waals surface area contributed by atoms with Crippen LogP contribution in [-0.2, 0) is 9.53 Å². The Balaban J connectivity index is 2.53. The van der Waals surface area contributed by atoms with E-state index in [9.17, 15) is 4.79 Å². The van der Waals surface area contributed by atoms with Crippen molar-refractivity contribution in [2.75, 3.05) is 0 Å². The summed E-state index contributed by atoms with van der Waals surface area (Å²) in [7, 11) is 0. The van der Waals surface area contributed by atoms with E-state index in [1.165, 1.54) is 0 Å². The molecule has 0 aromatic carbocycles. The summed E-state index contributed by atoms with van der Waals surface area (Å²) in [6.07, 6.45) is 0.551. The average molecular weight is 171 g/mol. The molecule has 0 spiro atoms. The van der Waals surface area contributed by atoms with Gasteiger partial charge in [0.15, 0.2) is 0 Å². The number of ether oxygens (including phenoxy) is 1. The molecule has 0 aromatic rings. The molecule has 1 rings (SSSR count). The summed E-state index contributed by atoms with van der Waals surface area (Å²) in [5, 5.41) is 2.79. The van der Waals surface area contributed by atoms with E-state index in [4.69, 9.17) is 4.74 Å². The van der Waals surface area contributed by atoms with Crippen LogP contribution in [0.3, 0.4) is 0 Å². The van der Waals surface area contributed by atoms with Crippen molar-refractivity contribution in [2.24, 2.45) is 5.92 Å². The molecule has 1 heterocycles. The van der Waals surface area contributed by atoms with Crippen LogP contribution in [0.25, 0.3) is 0 Å². The molecular weight excluding hydrogens is 154 g/mol. The van der Waals surface area contributed by atoms with E-state index in [1.54, 1.807) is 0 Å². The lowest BCUT2D eigenvalue weighted by Gasteiger charge is -2.17. The predicted molar refractivity (Wildman–Crippen MR) is 46.5 cm³/mol. The zero-order valence-electron chi connectivity index (χ0n) is 8.18. The number of nitrogens with one attached hydrogen (secondary N) is 1. The molecule has 1 aliphatic rings. The van der Waals surface area contributed by atoms with Crippen molar-refractivity contribution in [3.8, 4) is 0 Å². The van der Waals surface area contributed by atoms with Gasteiger partial charge < -0.3 is 10.1 Å². The predicted octanol–water partition coefficient (Wildman–Crippen LogP) is 1.28.